The minimum absolute atomic E-state index is 0.126. The molecule has 1 saturated heterocycles. The molecule has 1 fully saturated rings. The Morgan fingerprint density at radius 2 is 2.00 bits per heavy atom. The summed E-state index contributed by atoms with van der Waals surface area (Å²) in [7, 11) is 0. The van der Waals surface area contributed by atoms with E-state index in [2.05, 4.69) is 5.10 Å². The number of thioether (sulfide) groups is 1. The van der Waals surface area contributed by atoms with Gasteiger partial charge in [0.1, 0.15) is 4.83 Å². The van der Waals surface area contributed by atoms with Crippen molar-refractivity contribution < 1.29 is 4.79 Å². The van der Waals surface area contributed by atoms with E-state index in [-0.39, 0.29) is 5.91 Å². The van der Waals surface area contributed by atoms with Crippen LogP contribution in [-0.4, -0.2) is 45.2 Å². The molecule has 1 aliphatic rings. The molecule has 0 aliphatic carbocycles. The highest BCUT2D eigenvalue weighted by molar-refractivity contribution is 7.99. The molecular formula is C17H16ClN3OS2. The van der Waals surface area contributed by atoms with Crippen LogP contribution >= 0.6 is 34.7 Å². The number of rotatable bonds is 2. The Hall–Kier alpha value is -1.50. The van der Waals surface area contributed by atoms with Gasteiger partial charge in [-0.2, -0.15) is 16.9 Å². The third kappa shape index (κ3) is 2.72. The number of aromatic nitrogens is 2. The van der Waals surface area contributed by atoms with Crippen molar-refractivity contribution in [1.82, 2.24) is 14.7 Å². The predicted molar refractivity (Wildman–Crippen MR) is 102 cm³/mol. The van der Waals surface area contributed by atoms with Crippen molar-refractivity contribution in [3.05, 3.63) is 45.9 Å². The molecule has 0 saturated carbocycles. The van der Waals surface area contributed by atoms with E-state index < -0.39 is 0 Å². The Kier molecular flexibility index (Phi) is 4.28. The molecule has 124 valence electrons. The molecule has 0 spiro atoms. The smallest absolute Gasteiger partial charge is 0.264 e. The van der Waals surface area contributed by atoms with Gasteiger partial charge in [0, 0.05) is 30.0 Å². The fourth-order valence-electron chi connectivity index (χ4n) is 2.86. The number of benzene rings is 1. The lowest BCUT2D eigenvalue weighted by Gasteiger charge is -2.25. The van der Waals surface area contributed by atoms with Gasteiger partial charge < -0.3 is 4.90 Å². The van der Waals surface area contributed by atoms with Gasteiger partial charge >= 0.3 is 0 Å². The number of hydrogen-bond acceptors (Lipinski definition) is 4. The van der Waals surface area contributed by atoms with E-state index in [1.165, 1.54) is 11.3 Å². The maximum atomic E-state index is 12.8. The number of thiophene rings is 1. The molecule has 4 rings (SSSR count). The molecule has 0 radical (unpaired) electrons. The molecule has 1 aromatic carbocycles. The van der Waals surface area contributed by atoms with Crippen LogP contribution in [0.3, 0.4) is 0 Å². The second-order valence-electron chi connectivity index (χ2n) is 5.68. The molecule has 1 amide bonds. The van der Waals surface area contributed by atoms with E-state index in [0.717, 1.165) is 51.1 Å². The van der Waals surface area contributed by atoms with Crippen LogP contribution in [0.4, 0.5) is 0 Å². The Morgan fingerprint density at radius 1 is 1.25 bits per heavy atom. The number of aryl methyl sites for hydroxylation is 1. The Bertz CT molecular complexity index is 912. The number of nitrogens with zero attached hydrogens (tertiary/aromatic N) is 3. The first-order valence-corrected chi connectivity index (χ1v) is 10.1. The van der Waals surface area contributed by atoms with Crippen molar-refractivity contribution in [2.75, 3.05) is 24.6 Å². The first-order chi connectivity index (χ1) is 11.6. The minimum Gasteiger partial charge on any atom is -0.336 e. The molecule has 3 heterocycles. The average molecular weight is 378 g/mol. The number of carbonyl (C=O) groups excluding carboxylic acids is 1. The molecule has 0 N–H and O–H groups in total. The van der Waals surface area contributed by atoms with Crippen LogP contribution in [0.1, 0.15) is 15.4 Å². The van der Waals surface area contributed by atoms with E-state index in [9.17, 15) is 4.79 Å². The van der Waals surface area contributed by atoms with Crippen LogP contribution in [0.5, 0.6) is 0 Å². The molecule has 24 heavy (non-hydrogen) atoms. The number of fused-ring (bicyclic) bond motifs is 1. The molecule has 0 bridgehead atoms. The SMILES string of the molecule is Cc1nn(-c2ccccc2Cl)c2sc(C(=O)N3CCSCC3)cc12. The standard InChI is InChI=1S/C17H16ClN3OS2/c1-11-12-10-15(16(22)20-6-8-23-9-7-20)24-17(12)21(19-11)14-5-3-2-4-13(14)18/h2-5,10H,6-9H2,1H3. The molecular weight excluding hydrogens is 362 g/mol. The highest BCUT2D eigenvalue weighted by Crippen LogP contribution is 2.33. The highest BCUT2D eigenvalue weighted by atomic mass is 35.5. The third-order valence-corrected chi connectivity index (χ3v) is 6.50. The van der Waals surface area contributed by atoms with Crippen LogP contribution in [-0.2, 0) is 0 Å². The second-order valence-corrected chi connectivity index (χ2v) is 8.35. The Balaban J connectivity index is 1.77. The Labute approximate surface area is 153 Å². The second kappa shape index (κ2) is 6.43. The third-order valence-electron chi connectivity index (χ3n) is 4.13. The zero-order chi connectivity index (χ0) is 16.7. The Morgan fingerprint density at radius 3 is 2.75 bits per heavy atom. The lowest BCUT2D eigenvalue weighted by atomic mass is 10.3. The molecule has 3 aromatic rings. The normalized spacial score (nSPS) is 15.2. The van der Waals surface area contributed by atoms with E-state index in [0.29, 0.717) is 5.02 Å². The summed E-state index contributed by atoms with van der Waals surface area (Å²) in [6.07, 6.45) is 0. The van der Waals surface area contributed by atoms with Gasteiger partial charge in [0.2, 0.25) is 0 Å². The number of carbonyl (C=O) groups is 1. The van der Waals surface area contributed by atoms with Crippen LogP contribution in [0.15, 0.2) is 30.3 Å². The van der Waals surface area contributed by atoms with Gasteiger partial charge in [-0.15, -0.1) is 11.3 Å². The van der Waals surface area contributed by atoms with Crippen molar-refractivity contribution >= 4 is 50.8 Å². The number of amides is 1. The zero-order valence-electron chi connectivity index (χ0n) is 13.2. The topological polar surface area (TPSA) is 38.1 Å². The summed E-state index contributed by atoms with van der Waals surface area (Å²) in [5.74, 6) is 2.16. The summed E-state index contributed by atoms with van der Waals surface area (Å²) >= 11 is 9.72. The minimum atomic E-state index is 0.126. The van der Waals surface area contributed by atoms with Gasteiger partial charge in [-0.3, -0.25) is 4.79 Å². The monoisotopic (exact) mass is 377 g/mol. The van der Waals surface area contributed by atoms with Gasteiger partial charge in [0.25, 0.3) is 5.91 Å². The summed E-state index contributed by atoms with van der Waals surface area (Å²) in [5, 5.41) is 6.28. The number of halogens is 1. The molecule has 0 unspecified atom stereocenters. The number of hydrogen-bond donors (Lipinski definition) is 0. The van der Waals surface area contributed by atoms with Crippen molar-refractivity contribution in [2.24, 2.45) is 0 Å². The average Bonchev–Trinajstić information content (AvgIpc) is 3.17. The van der Waals surface area contributed by atoms with Crippen molar-refractivity contribution in [2.45, 2.75) is 6.92 Å². The van der Waals surface area contributed by atoms with Crippen molar-refractivity contribution in [3.63, 3.8) is 0 Å². The molecule has 0 atom stereocenters. The van der Waals surface area contributed by atoms with Gasteiger partial charge in [0.15, 0.2) is 0 Å². The maximum absolute atomic E-state index is 12.8. The van der Waals surface area contributed by atoms with E-state index >= 15 is 0 Å². The number of para-hydroxylation sites is 1. The van der Waals surface area contributed by atoms with Gasteiger partial charge in [0.05, 0.1) is 21.3 Å². The lowest BCUT2D eigenvalue weighted by molar-refractivity contribution is 0.0777. The van der Waals surface area contributed by atoms with Crippen molar-refractivity contribution in [1.29, 1.82) is 0 Å². The van der Waals surface area contributed by atoms with Crippen LogP contribution in [0.25, 0.3) is 15.9 Å². The summed E-state index contributed by atoms with van der Waals surface area (Å²) in [6, 6.07) is 9.61. The van der Waals surface area contributed by atoms with Crippen molar-refractivity contribution in [3.8, 4) is 5.69 Å². The quantitative estimate of drug-likeness (QED) is 0.670. The summed E-state index contributed by atoms with van der Waals surface area (Å²) in [5.41, 5.74) is 1.75. The first-order valence-electron chi connectivity index (χ1n) is 7.76. The predicted octanol–water partition coefficient (Wildman–Crippen LogP) is 4.24. The molecule has 7 heteroatoms. The largest absolute Gasteiger partial charge is 0.336 e. The van der Waals surface area contributed by atoms with E-state index in [4.69, 9.17) is 11.6 Å². The molecule has 4 nitrogen and oxygen atoms in total. The fraction of sp³-hybridized carbons (Fsp3) is 0.294. The van der Waals surface area contributed by atoms with Crippen LogP contribution in [0.2, 0.25) is 5.02 Å². The fourth-order valence-corrected chi connectivity index (χ4v) is 5.12. The van der Waals surface area contributed by atoms with Crippen LogP contribution in [0, 0.1) is 6.92 Å². The maximum Gasteiger partial charge on any atom is 0.264 e. The highest BCUT2D eigenvalue weighted by Gasteiger charge is 2.23. The van der Waals surface area contributed by atoms with E-state index in [1.54, 1.807) is 0 Å². The summed E-state index contributed by atoms with van der Waals surface area (Å²) in [6.45, 7) is 3.62. The van der Waals surface area contributed by atoms with Gasteiger partial charge in [-0.1, -0.05) is 23.7 Å². The summed E-state index contributed by atoms with van der Waals surface area (Å²) in [4.78, 5) is 16.5. The van der Waals surface area contributed by atoms with Crippen LogP contribution < -0.4 is 0 Å². The van der Waals surface area contributed by atoms with Gasteiger partial charge in [-0.25, -0.2) is 4.68 Å². The first kappa shape index (κ1) is 16.0. The van der Waals surface area contributed by atoms with E-state index in [1.807, 2.05) is 58.6 Å². The molecule has 1 aliphatic heterocycles. The zero-order valence-corrected chi connectivity index (χ0v) is 15.5. The lowest BCUT2D eigenvalue weighted by Crippen LogP contribution is -2.37. The molecule has 2 aromatic heterocycles. The van der Waals surface area contributed by atoms with Gasteiger partial charge in [-0.05, 0) is 25.1 Å². The summed E-state index contributed by atoms with van der Waals surface area (Å²) < 4.78 is 1.85.